The number of fused-ring (bicyclic) bond motifs is 1. The molecule has 1 aromatic carbocycles. The van der Waals surface area contributed by atoms with Gasteiger partial charge in [-0.1, -0.05) is 11.6 Å². The van der Waals surface area contributed by atoms with Gasteiger partial charge in [0.2, 0.25) is 5.95 Å². The number of nitrogens with zero attached hydrogens (tertiary/aromatic N) is 4. The Hall–Kier alpha value is -2.38. The van der Waals surface area contributed by atoms with Crippen molar-refractivity contribution in [2.24, 2.45) is 7.05 Å². The minimum Gasteiger partial charge on any atom is -0.395 e. The van der Waals surface area contributed by atoms with Crippen molar-refractivity contribution in [1.29, 1.82) is 0 Å². The Morgan fingerprint density at radius 2 is 2.00 bits per heavy atom. The van der Waals surface area contributed by atoms with E-state index >= 15 is 0 Å². The minimum atomic E-state index is 0.00668. The molecule has 0 fully saturated rings. The molecule has 0 saturated carbocycles. The van der Waals surface area contributed by atoms with Crippen LogP contribution in [0.3, 0.4) is 0 Å². The van der Waals surface area contributed by atoms with Crippen molar-refractivity contribution in [3.05, 3.63) is 35.5 Å². The molecule has 0 unspecified atom stereocenters. The van der Waals surface area contributed by atoms with Crippen LogP contribution in [0, 0.1) is 0 Å². The SMILES string of the molecule is Cn1ncc2c(Nc3ccc(Cl)cc3)nc(NCCO)nc21. The third kappa shape index (κ3) is 2.95. The van der Waals surface area contributed by atoms with E-state index in [1.54, 1.807) is 23.0 Å². The van der Waals surface area contributed by atoms with Gasteiger partial charge in [0.15, 0.2) is 5.65 Å². The van der Waals surface area contributed by atoms with Crippen molar-refractivity contribution in [3.8, 4) is 0 Å². The highest BCUT2D eigenvalue weighted by molar-refractivity contribution is 6.30. The average Bonchev–Trinajstić information content (AvgIpc) is 2.89. The van der Waals surface area contributed by atoms with Crippen LogP contribution < -0.4 is 10.6 Å². The van der Waals surface area contributed by atoms with E-state index in [0.29, 0.717) is 29.0 Å². The lowest BCUT2D eigenvalue weighted by Crippen LogP contribution is -2.10. The molecule has 0 bridgehead atoms. The van der Waals surface area contributed by atoms with E-state index in [-0.39, 0.29) is 6.61 Å². The second kappa shape index (κ2) is 6.17. The van der Waals surface area contributed by atoms with Crippen LogP contribution in [-0.2, 0) is 7.05 Å². The van der Waals surface area contributed by atoms with Gasteiger partial charge in [0.25, 0.3) is 0 Å². The Kier molecular flexibility index (Phi) is 4.08. The fraction of sp³-hybridized carbons (Fsp3) is 0.214. The molecule has 22 heavy (non-hydrogen) atoms. The number of rotatable bonds is 5. The number of aliphatic hydroxyl groups is 1. The molecule has 0 saturated heterocycles. The molecular weight excluding hydrogens is 304 g/mol. The molecule has 7 nitrogen and oxygen atoms in total. The van der Waals surface area contributed by atoms with Crippen molar-refractivity contribution in [2.75, 3.05) is 23.8 Å². The van der Waals surface area contributed by atoms with Crippen LogP contribution >= 0.6 is 11.6 Å². The summed E-state index contributed by atoms with van der Waals surface area (Å²) in [5, 5.41) is 20.8. The lowest BCUT2D eigenvalue weighted by molar-refractivity contribution is 0.311. The van der Waals surface area contributed by atoms with Crippen LogP contribution in [0.5, 0.6) is 0 Å². The number of anilines is 3. The van der Waals surface area contributed by atoms with Gasteiger partial charge >= 0.3 is 0 Å². The fourth-order valence-corrected chi connectivity index (χ4v) is 2.16. The maximum atomic E-state index is 8.92. The van der Waals surface area contributed by atoms with E-state index in [1.165, 1.54) is 0 Å². The van der Waals surface area contributed by atoms with Crippen molar-refractivity contribution < 1.29 is 5.11 Å². The standard InChI is InChI=1S/C14H15ClN6O/c1-21-13-11(8-17-21)12(19-14(20-13)16-6-7-22)18-10-4-2-9(15)3-5-10/h2-5,8,22H,6-7H2,1H3,(H2,16,18,19,20). The highest BCUT2D eigenvalue weighted by Gasteiger charge is 2.11. The molecule has 0 aliphatic rings. The molecule has 114 valence electrons. The summed E-state index contributed by atoms with van der Waals surface area (Å²) in [6, 6.07) is 7.34. The van der Waals surface area contributed by atoms with Gasteiger partial charge in [-0.2, -0.15) is 15.1 Å². The summed E-state index contributed by atoms with van der Waals surface area (Å²) in [6.07, 6.45) is 1.71. The summed E-state index contributed by atoms with van der Waals surface area (Å²) in [6.45, 7) is 0.385. The van der Waals surface area contributed by atoms with Gasteiger partial charge in [-0.15, -0.1) is 0 Å². The zero-order valence-corrected chi connectivity index (χ0v) is 12.7. The molecule has 0 aliphatic heterocycles. The number of aryl methyl sites for hydroxylation is 1. The lowest BCUT2D eigenvalue weighted by atomic mass is 10.3. The van der Waals surface area contributed by atoms with Crippen LogP contribution in [0.25, 0.3) is 11.0 Å². The normalized spacial score (nSPS) is 10.9. The van der Waals surface area contributed by atoms with E-state index in [4.69, 9.17) is 16.7 Å². The van der Waals surface area contributed by atoms with Crippen molar-refractivity contribution in [3.63, 3.8) is 0 Å². The van der Waals surface area contributed by atoms with E-state index in [2.05, 4.69) is 25.7 Å². The Bertz CT molecular complexity index is 786. The van der Waals surface area contributed by atoms with E-state index in [1.807, 2.05) is 19.2 Å². The van der Waals surface area contributed by atoms with Gasteiger partial charge in [0.1, 0.15) is 5.82 Å². The number of nitrogens with one attached hydrogen (secondary N) is 2. The lowest BCUT2D eigenvalue weighted by Gasteiger charge is -2.10. The highest BCUT2D eigenvalue weighted by Crippen LogP contribution is 2.25. The maximum Gasteiger partial charge on any atom is 0.226 e. The number of hydrogen-bond donors (Lipinski definition) is 3. The van der Waals surface area contributed by atoms with Gasteiger partial charge in [-0.3, -0.25) is 4.68 Å². The predicted octanol–water partition coefficient (Wildman–Crippen LogP) is 2.16. The van der Waals surface area contributed by atoms with Crippen LogP contribution in [0.15, 0.2) is 30.5 Å². The highest BCUT2D eigenvalue weighted by atomic mass is 35.5. The Morgan fingerprint density at radius 3 is 2.73 bits per heavy atom. The number of hydrogen-bond acceptors (Lipinski definition) is 6. The monoisotopic (exact) mass is 318 g/mol. The first-order valence-corrected chi connectivity index (χ1v) is 7.12. The summed E-state index contributed by atoms with van der Waals surface area (Å²) in [7, 11) is 1.82. The first-order valence-electron chi connectivity index (χ1n) is 6.74. The van der Waals surface area contributed by atoms with Gasteiger partial charge in [0.05, 0.1) is 18.2 Å². The fourth-order valence-electron chi connectivity index (χ4n) is 2.03. The molecular formula is C14H15ClN6O. The second-order valence-corrected chi connectivity index (χ2v) is 5.12. The third-order valence-electron chi connectivity index (χ3n) is 3.09. The Balaban J connectivity index is 2.00. The first kappa shape index (κ1) is 14.6. The zero-order chi connectivity index (χ0) is 15.5. The molecule has 2 aromatic heterocycles. The maximum absolute atomic E-state index is 8.92. The molecule has 8 heteroatoms. The van der Waals surface area contributed by atoms with E-state index in [9.17, 15) is 0 Å². The predicted molar refractivity (Wildman–Crippen MR) is 86.6 cm³/mol. The third-order valence-corrected chi connectivity index (χ3v) is 3.35. The molecule has 0 amide bonds. The smallest absolute Gasteiger partial charge is 0.226 e. The molecule has 0 radical (unpaired) electrons. The quantitative estimate of drug-likeness (QED) is 0.668. The van der Waals surface area contributed by atoms with Crippen molar-refractivity contribution in [1.82, 2.24) is 19.7 Å². The first-order chi connectivity index (χ1) is 10.7. The number of aromatic nitrogens is 4. The van der Waals surface area contributed by atoms with E-state index in [0.717, 1.165) is 11.1 Å². The largest absolute Gasteiger partial charge is 0.395 e. The van der Waals surface area contributed by atoms with E-state index < -0.39 is 0 Å². The number of aliphatic hydroxyl groups excluding tert-OH is 1. The van der Waals surface area contributed by atoms with Gasteiger partial charge in [-0.05, 0) is 24.3 Å². The van der Waals surface area contributed by atoms with Crippen LogP contribution in [0.4, 0.5) is 17.5 Å². The number of halogens is 1. The summed E-state index contributed by atoms with van der Waals surface area (Å²) < 4.78 is 1.67. The zero-order valence-electron chi connectivity index (χ0n) is 11.9. The summed E-state index contributed by atoms with van der Waals surface area (Å²) >= 11 is 5.90. The van der Waals surface area contributed by atoms with Gasteiger partial charge in [-0.25, -0.2) is 0 Å². The van der Waals surface area contributed by atoms with Gasteiger partial charge < -0.3 is 15.7 Å². The van der Waals surface area contributed by atoms with Crippen molar-refractivity contribution >= 4 is 40.1 Å². The van der Waals surface area contributed by atoms with Crippen molar-refractivity contribution in [2.45, 2.75) is 0 Å². The molecule has 3 rings (SSSR count). The molecule has 0 aliphatic carbocycles. The van der Waals surface area contributed by atoms with Crippen LogP contribution in [0.2, 0.25) is 5.02 Å². The summed E-state index contributed by atoms with van der Waals surface area (Å²) in [5.41, 5.74) is 1.56. The van der Waals surface area contributed by atoms with Crippen LogP contribution in [0.1, 0.15) is 0 Å². The number of benzene rings is 1. The molecule has 3 aromatic rings. The molecule has 2 heterocycles. The summed E-state index contributed by atoms with van der Waals surface area (Å²) in [4.78, 5) is 8.83. The minimum absolute atomic E-state index is 0.00668. The topological polar surface area (TPSA) is 87.9 Å². The molecule has 0 spiro atoms. The molecule has 0 atom stereocenters. The Labute approximate surface area is 132 Å². The summed E-state index contributed by atoms with van der Waals surface area (Å²) in [5.74, 6) is 1.07. The average molecular weight is 319 g/mol. The Morgan fingerprint density at radius 1 is 1.23 bits per heavy atom. The molecule has 3 N–H and O–H groups in total. The van der Waals surface area contributed by atoms with Gasteiger partial charge in [0, 0.05) is 24.3 Å². The second-order valence-electron chi connectivity index (χ2n) is 4.68. The van der Waals surface area contributed by atoms with Crippen LogP contribution in [-0.4, -0.2) is 38.0 Å².